The maximum absolute atomic E-state index is 5.61. The Morgan fingerprint density at radius 2 is 2.44 bits per heavy atom. The summed E-state index contributed by atoms with van der Waals surface area (Å²) in [5.74, 6) is 3.41. The quantitative estimate of drug-likeness (QED) is 0.842. The molecular formula is C10H15N3O2S. The fraction of sp³-hybridized carbons (Fsp3) is 0.800. The van der Waals surface area contributed by atoms with E-state index < -0.39 is 0 Å². The lowest BCUT2D eigenvalue weighted by Crippen LogP contribution is -2.17. The van der Waals surface area contributed by atoms with Crippen LogP contribution in [0.5, 0.6) is 0 Å². The predicted octanol–water partition coefficient (Wildman–Crippen LogP) is 1.30. The van der Waals surface area contributed by atoms with E-state index in [4.69, 9.17) is 9.26 Å². The van der Waals surface area contributed by atoms with Crippen molar-refractivity contribution in [1.29, 1.82) is 0 Å². The number of hydrogen-bond donors (Lipinski definition) is 1. The molecule has 0 amide bonds. The standard InChI is InChI=1S/C10H15N3O2S/c1-2-7(11-3-1)10-12-9(13-15-10)8-6-16-5-4-14-8/h7-8,11H,1-6H2/t7-,8?/m0/s1. The molecule has 0 radical (unpaired) electrons. The van der Waals surface area contributed by atoms with Crippen LogP contribution in [0.1, 0.15) is 36.7 Å². The average Bonchev–Trinajstić information content (AvgIpc) is 3.01. The Hall–Kier alpha value is -0.590. The summed E-state index contributed by atoms with van der Waals surface area (Å²) in [5, 5.41) is 7.37. The van der Waals surface area contributed by atoms with Gasteiger partial charge in [-0.1, -0.05) is 5.16 Å². The largest absolute Gasteiger partial charge is 0.368 e. The molecule has 3 rings (SSSR count). The minimum atomic E-state index is 0.0117. The second kappa shape index (κ2) is 4.73. The molecule has 5 nitrogen and oxygen atoms in total. The molecule has 0 bridgehead atoms. The van der Waals surface area contributed by atoms with Gasteiger partial charge in [0, 0.05) is 11.5 Å². The Kier molecular flexibility index (Phi) is 3.12. The molecular weight excluding hydrogens is 226 g/mol. The molecule has 1 aromatic rings. The highest BCUT2D eigenvalue weighted by Crippen LogP contribution is 2.27. The van der Waals surface area contributed by atoms with E-state index in [1.54, 1.807) is 0 Å². The molecule has 1 unspecified atom stereocenters. The highest BCUT2D eigenvalue weighted by Gasteiger charge is 2.26. The molecule has 3 heterocycles. The number of nitrogens with zero attached hydrogens (tertiary/aromatic N) is 2. The third-order valence-corrected chi connectivity index (χ3v) is 3.91. The van der Waals surface area contributed by atoms with Crippen molar-refractivity contribution in [2.45, 2.75) is 25.0 Å². The normalized spacial score (nSPS) is 30.8. The average molecular weight is 241 g/mol. The smallest absolute Gasteiger partial charge is 0.243 e. The summed E-state index contributed by atoms with van der Waals surface area (Å²) in [6, 6.07) is 0.248. The van der Waals surface area contributed by atoms with Crippen LogP contribution in [0, 0.1) is 0 Å². The second-order valence-corrected chi connectivity index (χ2v) is 5.22. The van der Waals surface area contributed by atoms with Crippen molar-refractivity contribution < 1.29 is 9.26 Å². The Labute approximate surface area is 98.3 Å². The van der Waals surface area contributed by atoms with E-state index >= 15 is 0 Å². The molecule has 88 valence electrons. The van der Waals surface area contributed by atoms with Gasteiger partial charge in [-0.05, 0) is 19.4 Å². The van der Waals surface area contributed by atoms with Crippen LogP contribution in [0.25, 0.3) is 0 Å². The van der Waals surface area contributed by atoms with Crippen LogP contribution < -0.4 is 5.32 Å². The summed E-state index contributed by atoms with van der Waals surface area (Å²) in [5.41, 5.74) is 0. The van der Waals surface area contributed by atoms with Crippen LogP contribution in [-0.2, 0) is 4.74 Å². The summed E-state index contributed by atoms with van der Waals surface area (Å²) in [4.78, 5) is 4.44. The summed E-state index contributed by atoms with van der Waals surface area (Å²) in [6.07, 6.45) is 2.28. The first-order chi connectivity index (χ1) is 7.93. The molecule has 16 heavy (non-hydrogen) atoms. The van der Waals surface area contributed by atoms with E-state index in [1.807, 2.05) is 11.8 Å². The van der Waals surface area contributed by atoms with Gasteiger partial charge in [-0.15, -0.1) is 0 Å². The Morgan fingerprint density at radius 3 is 3.19 bits per heavy atom. The van der Waals surface area contributed by atoms with E-state index in [9.17, 15) is 0 Å². The van der Waals surface area contributed by atoms with E-state index in [-0.39, 0.29) is 12.1 Å². The number of aromatic nitrogens is 2. The maximum Gasteiger partial charge on any atom is 0.243 e. The fourth-order valence-electron chi connectivity index (χ4n) is 2.05. The van der Waals surface area contributed by atoms with Crippen LogP contribution >= 0.6 is 11.8 Å². The number of thioether (sulfide) groups is 1. The van der Waals surface area contributed by atoms with Gasteiger partial charge in [-0.2, -0.15) is 16.7 Å². The molecule has 6 heteroatoms. The van der Waals surface area contributed by atoms with Crippen LogP contribution in [0.3, 0.4) is 0 Å². The van der Waals surface area contributed by atoms with Crippen molar-refractivity contribution in [2.24, 2.45) is 0 Å². The number of hydrogen-bond acceptors (Lipinski definition) is 6. The summed E-state index contributed by atoms with van der Waals surface area (Å²) >= 11 is 1.88. The van der Waals surface area contributed by atoms with Gasteiger partial charge >= 0.3 is 0 Å². The molecule has 2 fully saturated rings. The zero-order chi connectivity index (χ0) is 10.8. The lowest BCUT2D eigenvalue weighted by Gasteiger charge is -2.18. The van der Waals surface area contributed by atoms with Crippen molar-refractivity contribution in [3.63, 3.8) is 0 Å². The van der Waals surface area contributed by atoms with Gasteiger partial charge in [0.25, 0.3) is 0 Å². The van der Waals surface area contributed by atoms with Gasteiger partial charge in [0.1, 0.15) is 6.10 Å². The van der Waals surface area contributed by atoms with Crippen molar-refractivity contribution in [1.82, 2.24) is 15.5 Å². The van der Waals surface area contributed by atoms with Gasteiger partial charge in [-0.3, -0.25) is 0 Å². The maximum atomic E-state index is 5.61. The Balaban J connectivity index is 1.71. The molecule has 2 saturated heterocycles. The summed E-state index contributed by atoms with van der Waals surface area (Å²) in [6.45, 7) is 1.82. The minimum Gasteiger partial charge on any atom is -0.368 e. The molecule has 0 aliphatic carbocycles. The summed E-state index contributed by atoms with van der Waals surface area (Å²) in [7, 11) is 0. The van der Waals surface area contributed by atoms with Crippen molar-refractivity contribution in [3.05, 3.63) is 11.7 Å². The summed E-state index contributed by atoms with van der Waals surface area (Å²) < 4.78 is 10.9. The Morgan fingerprint density at radius 1 is 1.44 bits per heavy atom. The SMILES string of the molecule is C1CN[C@H](c2nc(C3CSCCO3)no2)C1. The van der Waals surface area contributed by atoms with E-state index in [0.29, 0.717) is 11.7 Å². The molecule has 1 aromatic heterocycles. The van der Waals surface area contributed by atoms with Gasteiger partial charge < -0.3 is 14.6 Å². The topological polar surface area (TPSA) is 60.2 Å². The molecule has 2 atom stereocenters. The minimum absolute atomic E-state index is 0.0117. The Bertz CT molecular complexity index is 346. The first-order valence-electron chi connectivity index (χ1n) is 5.70. The molecule has 1 N–H and O–H groups in total. The first kappa shape index (κ1) is 10.6. The number of ether oxygens (including phenoxy) is 1. The predicted molar refractivity (Wildman–Crippen MR) is 60.3 cm³/mol. The van der Waals surface area contributed by atoms with E-state index in [2.05, 4.69) is 15.5 Å². The van der Waals surface area contributed by atoms with E-state index in [1.165, 1.54) is 6.42 Å². The van der Waals surface area contributed by atoms with Gasteiger partial charge in [0.15, 0.2) is 0 Å². The zero-order valence-electron chi connectivity index (χ0n) is 9.02. The van der Waals surface area contributed by atoms with Crippen LogP contribution in [0.4, 0.5) is 0 Å². The molecule has 0 spiro atoms. The lowest BCUT2D eigenvalue weighted by atomic mass is 10.2. The lowest BCUT2D eigenvalue weighted by molar-refractivity contribution is 0.0677. The van der Waals surface area contributed by atoms with Crippen LogP contribution in [0.15, 0.2) is 4.52 Å². The number of rotatable bonds is 2. The zero-order valence-corrected chi connectivity index (χ0v) is 9.83. The van der Waals surface area contributed by atoms with Crippen molar-refractivity contribution in [3.8, 4) is 0 Å². The first-order valence-corrected chi connectivity index (χ1v) is 6.85. The molecule has 2 aliphatic rings. The molecule has 0 aromatic carbocycles. The van der Waals surface area contributed by atoms with Crippen LogP contribution in [0.2, 0.25) is 0 Å². The second-order valence-electron chi connectivity index (χ2n) is 4.07. The van der Waals surface area contributed by atoms with Crippen LogP contribution in [-0.4, -0.2) is 34.8 Å². The molecule has 2 aliphatic heterocycles. The fourth-order valence-corrected chi connectivity index (χ4v) is 2.89. The van der Waals surface area contributed by atoms with Gasteiger partial charge in [0.05, 0.1) is 12.6 Å². The monoisotopic (exact) mass is 241 g/mol. The molecule has 0 saturated carbocycles. The van der Waals surface area contributed by atoms with Crippen molar-refractivity contribution in [2.75, 3.05) is 24.7 Å². The number of nitrogens with one attached hydrogen (secondary N) is 1. The van der Waals surface area contributed by atoms with E-state index in [0.717, 1.165) is 31.1 Å². The van der Waals surface area contributed by atoms with Gasteiger partial charge in [-0.25, -0.2) is 0 Å². The van der Waals surface area contributed by atoms with Gasteiger partial charge in [0.2, 0.25) is 11.7 Å². The third kappa shape index (κ3) is 2.09. The third-order valence-electron chi connectivity index (χ3n) is 2.92. The highest BCUT2D eigenvalue weighted by molar-refractivity contribution is 7.99. The van der Waals surface area contributed by atoms with Crippen molar-refractivity contribution >= 4 is 11.8 Å². The highest BCUT2D eigenvalue weighted by atomic mass is 32.2.